The number of aromatic nitrogens is 1. The summed E-state index contributed by atoms with van der Waals surface area (Å²) in [4.78, 5) is 0. The molecule has 1 aromatic heterocycles. The van der Waals surface area contributed by atoms with Crippen molar-refractivity contribution in [2.75, 3.05) is 6.54 Å². The smallest absolute Gasteiger partial charge is 0.0619 e. The van der Waals surface area contributed by atoms with Gasteiger partial charge in [0.05, 0.1) is 11.0 Å². The second-order valence-corrected chi connectivity index (χ2v) is 12.3. The van der Waals surface area contributed by atoms with Crippen LogP contribution < -0.4 is 11.1 Å². The molecule has 6 aromatic carbocycles. The summed E-state index contributed by atoms with van der Waals surface area (Å²) >= 11 is 0. The lowest BCUT2D eigenvalue weighted by molar-refractivity contribution is 0.917. The van der Waals surface area contributed by atoms with Crippen LogP contribution in [0, 0.1) is 0 Å². The van der Waals surface area contributed by atoms with Gasteiger partial charge in [0.1, 0.15) is 0 Å². The van der Waals surface area contributed by atoms with E-state index >= 15 is 0 Å². The number of nitrogens with two attached hydrogens (primary N) is 1. The van der Waals surface area contributed by atoms with Crippen LogP contribution in [0.15, 0.2) is 175 Å². The summed E-state index contributed by atoms with van der Waals surface area (Å²) in [6.07, 6.45) is 9.91. The van der Waals surface area contributed by atoms with E-state index in [1.807, 2.05) is 12.3 Å². The molecule has 0 saturated carbocycles. The average Bonchev–Trinajstić information content (AvgIpc) is 3.45. The minimum Gasteiger partial charge on any atom is -0.405 e. The van der Waals surface area contributed by atoms with Crippen LogP contribution in [0.5, 0.6) is 0 Å². The Bertz CT molecular complexity index is 2490. The van der Waals surface area contributed by atoms with Crippen molar-refractivity contribution in [1.82, 2.24) is 9.88 Å². The van der Waals surface area contributed by atoms with Gasteiger partial charge in [0, 0.05) is 28.4 Å². The number of rotatable bonds is 6. The summed E-state index contributed by atoms with van der Waals surface area (Å²) < 4.78 is 2.42. The highest BCUT2D eigenvalue weighted by Gasteiger charge is 2.17. The van der Waals surface area contributed by atoms with Gasteiger partial charge in [-0.15, -0.1) is 0 Å². The molecule has 0 spiro atoms. The van der Waals surface area contributed by atoms with Crippen LogP contribution in [0.4, 0.5) is 0 Å². The van der Waals surface area contributed by atoms with E-state index in [1.165, 1.54) is 65.6 Å². The van der Waals surface area contributed by atoms with Crippen molar-refractivity contribution in [3.63, 3.8) is 0 Å². The number of nitrogens with zero attached hydrogens (tertiary/aromatic N) is 1. The Morgan fingerprint density at radius 1 is 0.745 bits per heavy atom. The monoisotopic (exact) mass is 605 g/mol. The molecular weight excluding hydrogens is 571 g/mol. The Balaban J connectivity index is 1.31. The van der Waals surface area contributed by atoms with Gasteiger partial charge in [0.15, 0.2) is 0 Å². The minimum atomic E-state index is 0.759. The lowest BCUT2D eigenvalue weighted by Crippen LogP contribution is -2.15. The molecule has 3 N–H and O–H groups in total. The molecule has 0 bridgehead atoms. The summed E-state index contributed by atoms with van der Waals surface area (Å²) in [6.45, 7) is 7.24. The molecule has 3 nitrogen and oxygen atoms in total. The van der Waals surface area contributed by atoms with Gasteiger partial charge in [0.2, 0.25) is 0 Å². The minimum absolute atomic E-state index is 0.759. The highest BCUT2D eigenvalue weighted by atomic mass is 15.0. The van der Waals surface area contributed by atoms with Gasteiger partial charge in [-0.05, 0) is 117 Å². The fourth-order valence-electron chi connectivity index (χ4n) is 6.92. The molecule has 0 unspecified atom stereocenters. The first kappa shape index (κ1) is 28.4. The maximum Gasteiger partial charge on any atom is 0.0619 e. The Labute approximate surface area is 275 Å². The quantitative estimate of drug-likeness (QED) is 0.185. The molecule has 0 saturated heterocycles. The van der Waals surface area contributed by atoms with Gasteiger partial charge >= 0.3 is 0 Å². The molecule has 8 rings (SSSR count). The van der Waals surface area contributed by atoms with E-state index in [0.29, 0.717) is 0 Å². The fourth-order valence-corrected chi connectivity index (χ4v) is 6.92. The Kier molecular flexibility index (Phi) is 7.08. The molecule has 0 atom stereocenters. The second kappa shape index (κ2) is 11.7. The molecule has 0 amide bonds. The Hall–Kier alpha value is -6.06. The van der Waals surface area contributed by atoms with E-state index in [4.69, 9.17) is 5.73 Å². The first-order valence-electron chi connectivity index (χ1n) is 16.0. The third-order valence-electron chi connectivity index (χ3n) is 9.22. The van der Waals surface area contributed by atoms with E-state index in [1.54, 1.807) is 6.20 Å². The highest BCUT2D eigenvalue weighted by molar-refractivity contribution is 6.19. The van der Waals surface area contributed by atoms with E-state index in [0.717, 1.165) is 28.9 Å². The zero-order valence-corrected chi connectivity index (χ0v) is 26.4. The topological polar surface area (TPSA) is 43.0 Å². The van der Waals surface area contributed by atoms with Gasteiger partial charge < -0.3 is 15.6 Å². The van der Waals surface area contributed by atoms with E-state index < -0.39 is 0 Å². The summed E-state index contributed by atoms with van der Waals surface area (Å²) in [6, 6.07) is 44.1. The van der Waals surface area contributed by atoms with Crippen molar-refractivity contribution in [3.05, 3.63) is 181 Å². The van der Waals surface area contributed by atoms with E-state index in [2.05, 4.69) is 157 Å². The molecule has 0 aliphatic carbocycles. The number of nitrogens with one attached hydrogen (secondary N) is 1. The zero-order chi connectivity index (χ0) is 31.9. The van der Waals surface area contributed by atoms with Crippen LogP contribution in [-0.4, -0.2) is 11.1 Å². The third kappa shape index (κ3) is 5.12. The predicted octanol–water partition coefficient (Wildman–Crippen LogP) is 10.6. The predicted molar refractivity (Wildman–Crippen MR) is 202 cm³/mol. The zero-order valence-electron chi connectivity index (χ0n) is 26.4. The van der Waals surface area contributed by atoms with Gasteiger partial charge in [0.25, 0.3) is 0 Å². The summed E-state index contributed by atoms with van der Waals surface area (Å²) in [5, 5.41) is 10.7. The Morgan fingerprint density at radius 3 is 2.30 bits per heavy atom. The SMILES string of the molecule is C=C(/C=C(\C=C/N)c1ccc2c(ccc3c4ccc(-c5ccc6ccccc6c5)cc4n(-c4ccccc4)c23)c1)C1=CC(C)=CNC1. The Morgan fingerprint density at radius 2 is 1.47 bits per heavy atom. The number of hydrogen-bond donors (Lipinski definition) is 2. The van der Waals surface area contributed by atoms with E-state index in [9.17, 15) is 0 Å². The summed E-state index contributed by atoms with van der Waals surface area (Å²) in [5.41, 5.74) is 17.3. The third-order valence-corrected chi connectivity index (χ3v) is 9.22. The van der Waals surface area contributed by atoms with Gasteiger partial charge in [-0.2, -0.15) is 0 Å². The molecule has 47 heavy (non-hydrogen) atoms. The summed E-state index contributed by atoms with van der Waals surface area (Å²) in [5.74, 6) is 0. The number of allylic oxidation sites excluding steroid dienone is 5. The maximum absolute atomic E-state index is 5.95. The largest absolute Gasteiger partial charge is 0.405 e. The normalized spacial score (nSPS) is 13.8. The lowest BCUT2D eigenvalue weighted by atomic mass is 9.95. The number of hydrogen-bond acceptors (Lipinski definition) is 2. The number of benzene rings is 6. The van der Waals surface area contributed by atoms with Crippen LogP contribution in [0.2, 0.25) is 0 Å². The first-order chi connectivity index (χ1) is 23.1. The lowest BCUT2D eigenvalue weighted by Gasteiger charge is -2.15. The standard InChI is InChI=1S/C44H35N3/c1-29-22-38(28-46-27-29)30(2)23-36(20-21-45)34-14-17-40-37(25-34)16-19-42-41-18-15-35(33-13-12-31-8-6-7-9-32(31)24-33)26-43(41)47(44(40)42)39-10-4-3-5-11-39/h3-27,46H,2,28,45H2,1H3/b21-20-,36-23+. The molecule has 2 heterocycles. The van der Waals surface area contributed by atoms with Crippen LogP contribution in [0.25, 0.3) is 65.7 Å². The molecule has 226 valence electrons. The van der Waals surface area contributed by atoms with Crippen molar-refractivity contribution >= 4 is 48.9 Å². The average molecular weight is 606 g/mol. The molecule has 0 fully saturated rings. The second-order valence-electron chi connectivity index (χ2n) is 12.3. The molecule has 1 aliphatic heterocycles. The van der Waals surface area contributed by atoms with E-state index in [-0.39, 0.29) is 0 Å². The molecular formula is C44H35N3. The maximum atomic E-state index is 5.95. The van der Waals surface area contributed by atoms with Crippen molar-refractivity contribution in [1.29, 1.82) is 0 Å². The highest BCUT2D eigenvalue weighted by Crippen LogP contribution is 2.39. The van der Waals surface area contributed by atoms with Crippen molar-refractivity contribution in [2.24, 2.45) is 5.73 Å². The molecule has 1 aliphatic rings. The fraction of sp³-hybridized carbons (Fsp3) is 0.0455. The number of fused-ring (bicyclic) bond motifs is 6. The van der Waals surface area contributed by atoms with Crippen molar-refractivity contribution < 1.29 is 0 Å². The van der Waals surface area contributed by atoms with Gasteiger partial charge in [-0.25, -0.2) is 0 Å². The number of para-hydroxylation sites is 1. The molecule has 3 heteroatoms. The van der Waals surface area contributed by atoms with Crippen molar-refractivity contribution in [3.8, 4) is 16.8 Å². The molecule has 7 aromatic rings. The molecule has 0 radical (unpaired) electrons. The van der Waals surface area contributed by atoms with Gasteiger partial charge in [-0.1, -0.05) is 104 Å². The number of dihydropyridines is 1. The first-order valence-corrected chi connectivity index (χ1v) is 16.0. The van der Waals surface area contributed by atoms with Crippen molar-refractivity contribution in [2.45, 2.75) is 6.92 Å². The summed E-state index contributed by atoms with van der Waals surface area (Å²) in [7, 11) is 0. The van der Waals surface area contributed by atoms with Gasteiger partial charge in [-0.3, -0.25) is 0 Å². The van der Waals surface area contributed by atoms with Crippen LogP contribution in [-0.2, 0) is 0 Å². The van der Waals surface area contributed by atoms with Crippen LogP contribution >= 0.6 is 0 Å². The van der Waals surface area contributed by atoms with Crippen LogP contribution in [0.3, 0.4) is 0 Å². The van der Waals surface area contributed by atoms with Crippen LogP contribution in [0.1, 0.15) is 12.5 Å².